The van der Waals surface area contributed by atoms with Gasteiger partial charge in [0.25, 0.3) is 5.88 Å². The Bertz CT molecular complexity index is 3610. The minimum absolute atomic E-state index is 0.0322. The van der Waals surface area contributed by atoms with E-state index in [0.29, 0.717) is 17.0 Å². The molecule has 3 fully saturated rings. The lowest BCUT2D eigenvalue weighted by Crippen LogP contribution is -2.41. The van der Waals surface area contributed by atoms with E-state index >= 15 is 0 Å². The Morgan fingerprint density at radius 3 is 1.16 bits per heavy atom. The molecule has 0 saturated carbocycles. The molecule has 26 nitrogen and oxygen atoms in total. The molecule has 0 bridgehead atoms. The molecule has 528 valence electrons. The number of halogens is 9. The number of pyridine rings is 4. The quantitative estimate of drug-likeness (QED) is 0.0441. The fourth-order valence-corrected chi connectivity index (χ4v) is 9.43. The van der Waals surface area contributed by atoms with Gasteiger partial charge in [0.1, 0.15) is 5.69 Å². The zero-order chi connectivity index (χ0) is 73.2. The van der Waals surface area contributed by atoms with Crippen molar-refractivity contribution < 1.29 is 120 Å². The van der Waals surface area contributed by atoms with Crippen LogP contribution in [0.5, 0.6) is 17.6 Å². The summed E-state index contributed by atoms with van der Waals surface area (Å²) in [5.41, 5.74) is -3.66. The molecule has 3 N–H and O–H groups in total. The van der Waals surface area contributed by atoms with Crippen molar-refractivity contribution in [2.24, 2.45) is 0 Å². The molecule has 3 aliphatic rings. The van der Waals surface area contributed by atoms with Gasteiger partial charge in [-0.2, -0.15) is 51.6 Å². The highest BCUT2D eigenvalue weighted by Gasteiger charge is 2.56. The predicted octanol–water partition coefficient (Wildman–Crippen LogP) is 8.54. The second kappa shape index (κ2) is 28.7. The first-order valence-corrected chi connectivity index (χ1v) is 31.9. The summed E-state index contributed by atoms with van der Waals surface area (Å²) in [7, 11) is -16.8. The molecule has 3 aliphatic heterocycles. The third kappa shape index (κ3) is 21.3. The van der Waals surface area contributed by atoms with E-state index in [0.717, 1.165) is 18.6 Å². The first-order valence-electron chi connectivity index (χ1n) is 27.6. The van der Waals surface area contributed by atoms with Gasteiger partial charge in [-0.05, 0) is 120 Å². The van der Waals surface area contributed by atoms with Crippen molar-refractivity contribution in [1.82, 2.24) is 19.9 Å². The van der Waals surface area contributed by atoms with Crippen LogP contribution in [0.25, 0.3) is 0 Å². The third-order valence-corrected chi connectivity index (χ3v) is 18.1. The van der Waals surface area contributed by atoms with Gasteiger partial charge in [-0.3, -0.25) is 19.8 Å². The van der Waals surface area contributed by atoms with E-state index in [1.807, 2.05) is 59.6 Å². The summed E-state index contributed by atoms with van der Waals surface area (Å²) < 4.78 is 224. The molecular weight excluding hydrogens is 1340 g/mol. The van der Waals surface area contributed by atoms with Crippen molar-refractivity contribution in [3.8, 4) is 17.6 Å². The van der Waals surface area contributed by atoms with E-state index < -0.39 is 102 Å². The molecule has 94 heavy (non-hydrogen) atoms. The summed E-state index contributed by atoms with van der Waals surface area (Å²) in [6.45, 7) is 38.3. The summed E-state index contributed by atoms with van der Waals surface area (Å²) >= 11 is 0. The number of hydrogen-bond acceptors (Lipinski definition) is 24. The molecule has 0 aromatic carbocycles. The monoisotopic (exact) mass is 1420 g/mol. The molecular formula is C53H77B3F9N7O19S3. The van der Waals surface area contributed by atoms with Gasteiger partial charge in [0, 0.05) is 63.3 Å². The minimum atomic E-state index is -6.74. The van der Waals surface area contributed by atoms with Crippen LogP contribution in [-0.4, -0.2) is 144 Å². The first-order chi connectivity index (χ1) is 41.9. The fourth-order valence-electron chi connectivity index (χ4n) is 7.35. The fraction of sp³-hybridized carbons (Fsp3) is 0.623. The van der Waals surface area contributed by atoms with Gasteiger partial charge in [0.05, 0.1) is 65.5 Å². The summed E-state index contributed by atoms with van der Waals surface area (Å²) in [5.74, 6) is 0.0682. The third-order valence-electron chi connectivity index (χ3n) is 14.7. The first kappa shape index (κ1) is 82.3. The van der Waals surface area contributed by atoms with Crippen molar-refractivity contribution in [3.63, 3.8) is 0 Å². The maximum absolute atomic E-state index is 12.6. The van der Waals surface area contributed by atoms with Crippen LogP contribution in [-0.2, 0) is 77.1 Å². The lowest BCUT2D eigenvalue weighted by molar-refractivity contribution is -0.386. The van der Waals surface area contributed by atoms with Gasteiger partial charge in [-0.25, -0.2) is 15.0 Å². The number of rotatable bonds is 12. The maximum atomic E-state index is 12.6. The predicted molar refractivity (Wildman–Crippen MR) is 328 cm³/mol. The number of nitrogens with two attached hydrogens (primary N) is 1. The number of aryl methyl sites for hydroxylation is 1. The topological polar surface area (TPSA) is 337 Å². The highest BCUT2D eigenvalue weighted by molar-refractivity contribution is 7.98. The molecule has 0 aliphatic carbocycles. The number of aromatic nitrogens is 4. The van der Waals surface area contributed by atoms with Gasteiger partial charge >= 0.3 is 75.0 Å². The second-order valence-electron chi connectivity index (χ2n) is 25.9. The van der Waals surface area contributed by atoms with E-state index in [-0.39, 0.29) is 44.9 Å². The highest BCUT2D eigenvalue weighted by atomic mass is 32.3. The normalized spacial score (nSPS) is 18.2. The van der Waals surface area contributed by atoms with Gasteiger partial charge < -0.3 is 47.9 Å². The van der Waals surface area contributed by atoms with Crippen LogP contribution < -0.4 is 41.1 Å². The van der Waals surface area contributed by atoms with Gasteiger partial charge in [-0.1, -0.05) is 41.5 Å². The molecule has 3 saturated heterocycles. The SMILES string of the molecule is COc1ncc(B2OC(C)(C)C(C)(C)O2)cc1N.COc1ncc(B2OC(C)(C)C(C)(C)O2)cc1NS(=O)(=O)C(F)(F)F.COc1ncc(B2OC(C)(C)C(C)(C)O2)cc1[N+](=O)[O-].Cc1cc(C(C)(C)C)nc(C(C)(C)C)c1.O=S(=O)(OC(F)(F)F)OS(=O)(=O)C(F)(F)F. The average Bonchev–Trinajstić information content (AvgIpc) is 1.63. The Hall–Kier alpha value is -5.91. The number of methoxy groups -OCH3 is 3. The number of nitro groups is 1. The van der Waals surface area contributed by atoms with Crippen molar-refractivity contribution in [3.05, 3.63) is 76.0 Å². The molecule has 0 radical (unpaired) electrons. The Labute approximate surface area is 541 Å². The number of nitrogen functional groups attached to an aromatic ring is 1. The number of nitrogens with zero attached hydrogens (tertiary/aromatic N) is 5. The van der Waals surface area contributed by atoms with Crippen molar-refractivity contribution in [2.75, 3.05) is 31.8 Å². The van der Waals surface area contributed by atoms with Crippen LogP contribution in [0.4, 0.5) is 56.6 Å². The Morgan fingerprint density at radius 2 is 0.862 bits per heavy atom. The number of anilines is 2. The van der Waals surface area contributed by atoms with Crippen LogP contribution in [0.15, 0.2) is 48.9 Å². The van der Waals surface area contributed by atoms with Crippen LogP contribution in [0.3, 0.4) is 0 Å². The zero-order valence-electron chi connectivity index (χ0n) is 55.5. The van der Waals surface area contributed by atoms with Gasteiger partial charge in [0.2, 0.25) is 11.8 Å². The maximum Gasteiger partial charge on any atom is 0.538 e. The van der Waals surface area contributed by atoms with Gasteiger partial charge in [0.15, 0.2) is 0 Å². The molecule has 0 amide bonds. The van der Waals surface area contributed by atoms with Crippen LogP contribution in [0.2, 0.25) is 0 Å². The Balaban J connectivity index is 0.000000310. The molecule has 0 atom stereocenters. The van der Waals surface area contributed by atoms with Crippen LogP contribution in [0.1, 0.15) is 142 Å². The zero-order valence-corrected chi connectivity index (χ0v) is 58.0. The second-order valence-corrected chi connectivity index (χ2v) is 30.5. The van der Waals surface area contributed by atoms with Gasteiger partial charge in [-0.15, -0.1) is 21.0 Å². The number of ether oxygens (including phenoxy) is 3. The Kier molecular flexibility index (Phi) is 25.1. The lowest BCUT2D eigenvalue weighted by Gasteiger charge is -2.32. The van der Waals surface area contributed by atoms with Crippen molar-refractivity contribution in [2.45, 2.75) is 193 Å². The summed E-state index contributed by atoms with van der Waals surface area (Å²) in [6, 6.07) is 8.66. The van der Waals surface area contributed by atoms with Crippen molar-refractivity contribution >= 4 is 85.3 Å². The Morgan fingerprint density at radius 1 is 0.532 bits per heavy atom. The van der Waals surface area contributed by atoms with E-state index in [2.05, 4.69) is 79.2 Å². The molecule has 41 heteroatoms. The molecule has 4 aromatic rings. The smallest absolute Gasteiger partial charge is 0.480 e. The molecule has 4 aromatic heterocycles. The van der Waals surface area contributed by atoms with E-state index in [4.69, 9.17) is 52.9 Å². The van der Waals surface area contributed by atoms with Crippen LogP contribution in [0, 0.1) is 17.0 Å². The highest BCUT2D eigenvalue weighted by Crippen LogP contribution is 2.40. The largest absolute Gasteiger partial charge is 0.538 e. The molecule has 7 heterocycles. The number of alkyl halides is 9. The standard InChI is InChI=1S/C14H23N.C13H18BF3N2O5S.C12H17BN2O5.C12H19BN2O3.C2F6O6S2/c1-10-8-11(13(2,3)4)15-12(9-10)14(5,6)7;1-11(2)12(3,4)24-14(23-11)8-6-9(10(22-5)18-7-8)19-25(20,21)13(15,16)17;1-11(2)12(3,4)20-13(19-11)8-6-9(15(16)17)10(18-5)14-7-8;1-11(2)12(3,4)18-13(17-11)8-6-9(14)10(16-5)15-7-8;3-1(4,5)13-16(11,12)14-15(9,10)2(6,7)8/h8-9H,1-7H3;6-7,19H,1-5H3;6-7H,1-5H3;6-7H,14H2,1-5H3;. The molecule has 7 rings (SSSR count). The van der Waals surface area contributed by atoms with E-state index in [9.17, 15) is 74.9 Å². The minimum Gasteiger partial charge on any atom is -0.480 e. The summed E-state index contributed by atoms with van der Waals surface area (Å²) in [4.78, 5) is 27.1. The van der Waals surface area contributed by atoms with E-state index in [1.165, 1.54) is 54.4 Å². The molecule has 0 spiro atoms. The average molecular weight is 1420 g/mol. The van der Waals surface area contributed by atoms with Crippen molar-refractivity contribution in [1.29, 1.82) is 0 Å². The number of sulfonamides is 1. The number of hydrogen-bond donors (Lipinski definition) is 2. The van der Waals surface area contributed by atoms with E-state index in [1.54, 1.807) is 40.0 Å². The summed E-state index contributed by atoms with van der Waals surface area (Å²) in [5, 5.41) is 11.0. The summed E-state index contributed by atoms with van der Waals surface area (Å²) in [6.07, 6.45) is -1.50. The number of nitrogens with one attached hydrogen (secondary N) is 1. The lowest BCUT2D eigenvalue weighted by atomic mass is 9.80. The van der Waals surface area contributed by atoms with Crippen LogP contribution >= 0.6 is 0 Å². The molecule has 0 unspecified atom stereocenters.